The average Bonchev–Trinajstić information content (AvgIpc) is 2.28. The van der Waals surface area contributed by atoms with Crippen LogP contribution in [-0.4, -0.2) is 12.9 Å². The van der Waals surface area contributed by atoms with Crippen LogP contribution in [0.3, 0.4) is 0 Å². The zero-order chi connectivity index (χ0) is 12.1. The van der Waals surface area contributed by atoms with E-state index in [-0.39, 0.29) is 5.92 Å². The Morgan fingerprint density at radius 3 is 2.62 bits per heavy atom. The highest BCUT2D eigenvalue weighted by Crippen LogP contribution is 2.20. The van der Waals surface area contributed by atoms with Gasteiger partial charge in [-0.2, -0.15) is 0 Å². The molecule has 0 N–H and O–H groups in total. The van der Waals surface area contributed by atoms with Crippen molar-refractivity contribution in [2.24, 2.45) is 5.92 Å². The lowest BCUT2D eigenvalue weighted by atomic mass is 9.95. The van der Waals surface area contributed by atoms with Crippen LogP contribution >= 0.6 is 0 Å². The fourth-order valence-corrected chi connectivity index (χ4v) is 1.88. The Morgan fingerprint density at radius 1 is 1.44 bits per heavy atom. The number of ether oxygens (including phenoxy) is 1. The third kappa shape index (κ3) is 3.09. The summed E-state index contributed by atoms with van der Waals surface area (Å²) in [4.78, 5) is 11.5. The molecule has 0 amide bonds. The van der Waals surface area contributed by atoms with Crippen molar-refractivity contribution in [3.05, 3.63) is 29.3 Å². The number of hydrogen-bond donors (Lipinski definition) is 0. The van der Waals surface area contributed by atoms with Crippen molar-refractivity contribution in [2.75, 3.05) is 7.11 Å². The molecular weight excluding hydrogens is 200 g/mol. The fraction of sp³-hybridized carbons (Fsp3) is 0.500. The zero-order valence-corrected chi connectivity index (χ0v) is 10.5. The smallest absolute Gasteiger partial charge is 0.135 e. The average molecular weight is 220 g/mol. The first-order valence-electron chi connectivity index (χ1n) is 5.74. The summed E-state index contributed by atoms with van der Waals surface area (Å²) in [6, 6.07) is 6.09. The molecule has 0 fully saturated rings. The number of carbonyl (C=O) groups is 1. The van der Waals surface area contributed by atoms with E-state index in [4.69, 9.17) is 4.74 Å². The van der Waals surface area contributed by atoms with E-state index in [1.165, 1.54) is 5.56 Å². The Labute approximate surface area is 97.6 Å². The van der Waals surface area contributed by atoms with Gasteiger partial charge >= 0.3 is 0 Å². The van der Waals surface area contributed by atoms with Crippen LogP contribution in [0.2, 0.25) is 0 Å². The van der Waals surface area contributed by atoms with Gasteiger partial charge in [0.05, 0.1) is 7.11 Å². The Morgan fingerprint density at radius 2 is 2.12 bits per heavy atom. The Kier molecular flexibility index (Phi) is 4.53. The lowest BCUT2D eigenvalue weighted by molar-refractivity contribution is -0.122. The summed E-state index contributed by atoms with van der Waals surface area (Å²) in [5, 5.41) is 0. The van der Waals surface area contributed by atoms with Crippen LogP contribution in [0.15, 0.2) is 18.2 Å². The lowest BCUT2D eigenvalue weighted by Crippen LogP contribution is -2.12. The summed E-state index contributed by atoms with van der Waals surface area (Å²) in [7, 11) is 1.67. The normalized spacial score (nSPS) is 12.2. The first kappa shape index (κ1) is 12.8. The third-order valence-electron chi connectivity index (χ3n) is 2.90. The molecule has 0 aromatic heterocycles. The maximum absolute atomic E-state index is 11.5. The molecule has 2 heteroatoms. The molecule has 0 heterocycles. The van der Waals surface area contributed by atoms with E-state index in [0.717, 1.165) is 17.7 Å². The molecule has 16 heavy (non-hydrogen) atoms. The maximum Gasteiger partial charge on any atom is 0.135 e. The molecular formula is C14H20O2. The highest BCUT2D eigenvalue weighted by atomic mass is 16.5. The second-order valence-electron chi connectivity index (χ2n) is 4.23. The van der Waals surface area contributed by atoms with Gasteiger partial charge in [0.15, 0.2) is 0 Å². The van der Waals surface area contributed by atoms with Crippen molar-refractivity contribution in [3.8, 4) is 5.75 Å². The van der Waals surface area contributed by atoms with E-state index in [1.807, 2.05) is 32.9 Å². The predicted molar refractivity (Wildman–Crippen MR) is 65.9 cm³/mol. The van der Waals surface area contributed by atoms with Gasteiger partial charge < -0.3 is 4.74 Å². The molecule has 88 valence electrons. The summed E-state index contributed by atoms with van der Waals surface area (Å²) in [6.45, 7) is 5.93. The summed E-state index contributed by atoms with van der Waals surface area (Å²) in [6.07, 6.45) is 1.44. The summed E-state index contributed by atoms with van der Waals surface area (Å²) in [5.74, 6) is 1.34. The van der Waals surface area contributed by atoms with Crippen LogP contribution in [-0.2, 0) is 11.2 Å². The van der Waals surface area contributed by atoms with Crippen molar-refractivity contribution in [1.82, 2.24) is 0 Å². The number of ketones is 1. The first-order valence-corrected chi connectivity index (χ1v) is 5.74. The second kappa shape index (κ2) is 5.69. The number of aryl methyl sites for hydroxylation is 1. The molecule has 0 bridgehead atoms. The third-order valence-corrected chi connectivity index (χ3v) is 2.90. The van der Waals surface area contributed by atoms with Crippen LogP contribution < -0.4 is 4.74 Å². The van der Waals surface area contributed by atoms with Gasteiger partial charge in [-0.1, -0.05) is 26.0 Å². The molecule has 1 unspecified atom stereocenters. The van der Waals surface area contributed by atoms with E-state index >= 15 is 0 Å². The topological polar surface area (TPSA) is 26.3 Å². The standard InChI is InChI=1S/C14H20O2/c1-5-13(15)10(2)8-12-6-7-14(16-4)11(3)9-12/h6-7,9-10H,5,8H2,1-4H3. The van der Waals surface area contributed by atoms with Gasteiger partial charge in [0, 0.05) is 12.3 Å². The van der Waals surface area contributed by atoms with Crippen molar-refractivity contribution in [1.29, 1.82) is 0 Å². The summed E-state index contributed by atoms with van der Waals surface area (Å²) >= 11 is 0. The molecule has 0 aliphatic carbocycles. The Balaban J connectivity index is 2.75. The van der Waals surface area contributed by atoms with Crippen LogP contribution in [0.25, 0.3) is 0 Å². The van der Waals surface area contributed by atoms with Gasteiger partial charge in [-0.3, -0.25) is 4.79 Å². The quantitative estimate of drug-likeness (QED) is 0.762. The van der Waals surface area contributed by atoms with E-state index in [1.54, 1.807) is 7.11 Å². The molecule has 2 nitrogen and oxygen atoms in total. The van der Waals surface area contributed by atoms with E-state index < -0.39 is 0 Å². The minimum Gasteiger partial charge on any atom is -0.496 e. The number of benzene rings is 1. The summed E-state index contributed by atoms with van der Waals surface area (Å²) < 4.78 is 5.21. The minimum absolute atomic E-state index is 0.109. The van der Waals surface area contributed by atoms with Crippen LogP contribution in [0.4, 0.5) is 0 Å². The number of Topliss-reactive ketones (excluding diaryl/α,β-unsaturated/α-hetero) is 1. The maximum atomic E-state index is 11.5. The lowest BCUT2D eigenvalue weighted by Gasteiger charge is -2.11. The number of hydrogen-bond acceptors (Lipinski definition) is 2. The van der Waals surface area contributed by atoms with Crippen molar-refractivity contribution in [3.63, 3.8) is 0 Å². The van der Waals surface area contributed by atoms with Gasteiger partial charge in [-0.15, -0.1) is 0 Å². The van der Waals surface area contributed by atoms with Gasteiger partial charge in [0.2, 0.25) is 0 Å². The molecule has 0 aliphatic heterocycles. The van der Waals surface area contributed by atoms with Gasteiger partial charge in [0.1, 0.15) is 11.5 Å². The van der Waals surface area contributed by atoms with Crippen molar-refractivity contribution >= 4 is 5.78 Å². The predicted octanol–water partition coefficient (Wildman–Crippen LogP) is 3.16. The van der Waals surface area contributed by atoms with Gasteiger partial charge in [0.25, 0.3) is 0 Å². The van der Waals surface area contributed by atoms with Crippen molar-refractivity contribution < 1.29 is 9.53 Å². The van der Waals surface area contributed by atoms with Gasteiger partial charge in [-0.05, 0) is 30.5 Å². The molecule has 0 saturated heterocycles. The minimum atomic E-state index is 0.109. The van der Waals surface area contributed by atoms with E-state index in [9.17, 15) is 4.79 Å². The zero-order valence-electron chi connectivity index (χ0n) is 10.5. The monoisotopic (exact) mass is 220 g/mol. The Bertz CT molecular complexity index is 369. The number of carbonyl (C=O) groups excluding carboxylic acids is 1. The largest absolute Gasteiger partial charge is 0.496 e. The fourth-order valence-electron chi connectivity index (χ4n) is 1.88. The van der Waals surface area contributed by atoms with Crippen LogP contribution in [0, 0.1) is 12.8 Å². The first-order chi connectivity index (χ1) is 7.58. The van der Waals surface area contributed by atoms with E-state index in [0.29, 0.717) is 12.2 Å². The number of rotatable bonds is 5. The molecule has 1 atom stereocenters. The molecule has 0 saturated carbocycles. The van der Waals surface area contributed by atoms with E-state index in [2.05, 4.69) is 6.07 Å². The van der Waals surface area contributed by atoms with Crippen LogP contribution in [0.5, 0.6) is 5.75 Å². The highest BCUT2D eigenvalue weighted by Gasteiger charge is 2.11. The second-order valence-corrected chi connectivity index (χ2v) is 4.23. The highest BCUT2D eigenvalue weighted by molar-refractivity contribution is 5.80. The SMILES string of the molecule is CCC(=O)C(C)Cc1ccc(OC)c(C)c1. The molecule has 0 spiro atoms. The molecule has 1 rings (SSSR count). The molecule has 0 aliphatic rings. The van der Waals surface area contributed by atoms with Crippen molar-refractivity contribution in [2.45, 2.75) is 33.6 Å². The Hall–Kier alpha value is -1.31. The molecule has 1 aromatic carbocycles. The number of methoxy groups -OCH3 is 1. The summed E-state index contributed by atoms with van der Waals surface area (Å²) in [5.41, 5.74) is 2.32. The van der Waals surface area contributed by atoms with Gasteiger partial charge in [-0.25, -0.2) is 0 Å². The molecule has 1 aromatic rings. The molecule has 0 radical (unpaired) electrons. The van der Waals surface area contributed by atoms with Crippen LogP contribution in [0.1, 0.15) is 31.4 Å².